The molecule has 0 bridgehead atoms. The summed E-state index contributed by atoms with van der Waals surface area (Å²) in [5.74, 6) is -0.464. The molecule has 34 heavy (non-hydrogen) atoms. The van der Waals surface area contributed by atoms with E-state index >= 15 is 0 Å². The molecule has 0 saturated heterocycles. The summed E-state index contributed by atoms with van der Waals surface area (Å²) in [6, 6.07) is 24.1. The number of methoxy groups -OCH3 is 1. The minimum Gasteiger partial charge on any atom is -0.464 e. The van der Waals surface area contributed by atoms with Crippen LogP contribution in [0.2, 0.25) is 5.02 Å². The average molecular weight is 476 g/mol. The highest BCUT2D eigenvalue weighted by atomic mass is 35.5. The van der Waals surface area contributed by atoms with Crippen molar-refractivity contribution in [3.05, 3.63) is 112 Å². The number of hydrogen-bond acceptors (Lipinski definition) is 5. The van der Waals surface area contributed by atoms with E-state index in [2.05, 4.69) is 15.3 Å². The molecule has 4 rings (SSSR count). The van der Waals surface area contributed by atoms with E-state index in [-0.39, 0.29) is 16.5 Å². The number of carbonyl (C=O) groups excluding carboxylic acids is 1. The first-order chi connectivity index (χ1) is 16.5. The molecule has 7 heteroatoms. The Morgan fingerprint density at radius 1 is 0.941 bits per heavy atom. The van der Waals surface area contributed by atoms with Gasteiger partial charge in [-0.1, -0.05) is 72.3 Å². The molecule has 0 spiro atoms. The maximum absolute atomic E-state index is 14.2. The Balaban J connectivity index is 1.78. The Labute approximate surface area is 202 Å². The number of rotatable bonds is 8. The van der Waals surface area contributed by atoms with Gasteiger partial charge in [0.2, 0.25) is 0 Å². The number of esters is 1. The monoisotopic (exact) mass is 475 g/mol. The van der Waals surface area contributed by atoms with E-state index in [1.165, 1.54) is 19.2 Å². The van der Waals surface area contributed by atoms with E-state index in [0.717, 1.165) is 11.1 Å². The van der Waals surface area contributed by atoms with Gasteiger partial charge >= 0.3 is 5.97 Å². The van der Waals surface area contributed by atoms with Gasteiger partial charge < -0.3 is 10.1 Å². The van der Waals surface area contributed by atoms with Crippen molar-refractivity contribution in [2.24, 2.45) is 0 Å². The molecule has 0 unspecified atom stereocenters. The zero-order chi connectivity index (χ0) is 23.9. The standard InChI is InChI=1S/C27H23ClFN3O2/c1-34-27(33)24-21(14-12-18-8-4-2-5-9-18)26(30-17-19-10-6-3-7-11-19)32-25(31-24)20-13-15-22(28)23(29)16-20/h2-11,13,15-16H,12,14,17H2,1H3,(H,30,31,32). The number of aryl methyl sites for hydroxylation is 1. The van der Waals surface area contributed by atoms with Gasteiger partial charge in [-0.3, -0.25) is 0 Å². The Kier molecular flexibility index (Phi) is 7.50. The molecule has 0 radical (unpaired) electrons. The summed E-state index contributed by atoms with van der Waals surface area (Å²) in [7, 11) is 1.31. The van der Waals surface area contributed by atoms with Gasteiger partial charge in [-0.15, -0.1) is 0 Å². The fourth-order valence-corrected chi connectivity index (χ4v) is 3.71. The molecule has 0 fully saturated rings. The molecule has 0 amide bonds. The summed E-state index contributed by atoms with van der Waals surface area (Å²) in [4.78, 5) is 21.9. The van der Waals surface area contributed by atoms with Gasteiger partial charge in [-0.25, -0.2) is 19.2 Å². The SMILES string of the molecule is COC(=O)c1nc(-c2ccc(Cl)c(F)c2)nc(NCc2ccccc2)c1CCc1ccccc1. The Bertz CT molecular complexity index is 1280. The van der Waals surface area contributed by atoms with Crippen LogP contribution in [0.1, 0.15) is 27.2 Å². The third kappa shape index (κ3) is 5.58. The van der Waals surface area contributed by atoms with E-state index in [0.29, 0.717) is 36.3 Å². The largest absolute Gasteiger partial charge is 0.464 e. The normalized spacial score (nSPS) is 10.7. The van der Waals surface area contributed by atoms with Crippen LogP contribution < -0.4 is 5.32 Å². The van der Waals surface area contributed by atoms with Crippen molar-refractivity contribution < 1.29 is 13.9 Å². The fraction of sp³-hybridized carbons (Fsp3) is 0.148. The number of carbonyl (C=O) groups is 1. The number of aromatic nitrogens is 2. The van der Waals surface area contributed by atoms with Crippen LogP contribution in [-0.4, -0.2) is 23.0 Å². The molecule has 0 aliphatic rings. The van der Waals surface area contributed by atoms with Crippen LogP contribution in [0.5, 0.6) is 0 Å². The highest BCUT2D eigenvalue weighted by molar-refractivity contribution is 6.30. The van der Waals surface area contributed by atoms with Crippen molar-refractivity contribution in [1.82, 2.24) is 9.97 Å². The molecule has 1 N–H and O–H groups in total. The van der Waals surface area contributed by atoms with Crippen molar-refractivity contribution in [3.8, 4) is 11.4 Å². The summed E-state index contributed by atoms with van der Waals surface area (Å²) < 4.78 is 19.2. The van der Waals surface area contributed by atoms with Crippen LogP contribution >= 0.6 is 11.6 Å². The maximum atomic E-state index is 14.2. The number of nitrogens with zero attached hydrogens (tertiary/aromatic N) is 2. The third-order valence-corrected chi connectivity index (χ3v) is 5.68. The Morgan fingerprint density at radius 2 is 1.62 bits per heavy atom. The molecule has 0 saturated carbocycles. The molecule has 4 aromatic rings. The topological polar surface area (TPSA) is 64.1 Å². The minimum atomic E-state index is -0.589. The number of ether oxygens (including phenoxy) is 1. The lowest BCUT2D eigenvalue weighted by Gasteiger charge is -2.16. The molecule has 3 aromatic carbocycles. The lowest BCUT2D eigenvalue weighted by atomic mass is 10.0. The lowest BCUT2D eigenvalue weighted by molar-refractivity contribution is 0.0592. The van der Waals surface area contributed by atoms with E-state index in [1.807, 2.05) is 60.7 Å². The predicted molar refractivity (Wildman–Crippen MR) is 131 cm³/mol. The van der Waals surface area contributed by atoms with E-state index in [4.69, 9.17) is 16.3 Å². The van der Waals surface area contributed by atoms with Crippen LogP contribution in [0.15, 0.2) is 78.9 Å². The molecule has 1 heterocycles. The van der Waals surface area contributed by atoms with Crippen molar-refractivity contribution >= 4 is 23.4 Å². The smallest absolute Gasteiger partial charge is 0.357 e. The second kappa shape index (κ2) is 10.9. The zero-order valence-electron chi connectivity index (χ0n) is 18.6. The van der Waals surface area contributed by atoms with Gasteiger partial charge in [0, 0.05) is 17.7 Å². The number of anilines is 1. The predicted octanol–water partition coefficient (Wildman–Crippen LogP) is 6.12. The van der Waals surface area contributed by atoms with Gasteiger partial charge in [0.05, 0.1) is 12.1 Å². The minimum absolute atomic E-state index is 0.00107. The van der Waals surface area contributed by atoms with Crippen molar-refractivity contribution in [2.75, 3.05) is 12.4 Å². The van der Waals surface area contributed by atoms with Crippen molar-refractivity contribution in [2.45, 2.75) is 19.4 Å². The number of halogens is 2. The summed E-state index contributed by atoms with van der Waals surface area (Å²) in [6.45, 7) is 0.491. The Hall–Kier alpha value is -3.77. The molecule has 1 aromatic heterocycles. The van der Waals surface area contributed by atoms with E-state index < -0.39 is 11.8 Å². The average Bonchev–Trinajstić information content (AvgIpc) is 2.88. The molecule has 0 atom stereocenters. The van der Waals surface area contributed by atoms with Crippen LogP contribution in [0.25, 0.3) is 11.4 Å². The zero-order valence-corrected chi connectivity index (χ0v) is 19.3. The number of hydrogen-bond donors (Lipinski definition) is 1. The van der Waals surface area contributed by atoms with Crippen molar-refractivity contribution in [3.63, 3.8) is 0 Å². The molecular weight excluding hydrogens is 453 g/mol. The van der Waals surface area contributed by atoms with Gasteiger partial charge in [0.15, 0.2) is 11.5 Å². The molecule has 0 aliphatic carbocycles. The van der Waals surface area contributed by atoms with Crippen molar-refractivity contribution in [1.29, 1.82) is 0 Å². The summed E-state index contributed by atoms with van der Waals surface area (Å²) >= 11 is 5.84. The van der Waals surface area contributed by atoms with Crippen LogP contribution in [0, 0.1) is 5.82 Å². The fourth-order valence-electron chi connectivity index (χ4n) is 3.59. The quantitative estimate of drug-likeness (QED) is 0.311. The summed E-state index contributed by atoms with van der Waals surface area (Å²) in [6.07, 6.45) is 1.20. The molecular formula is C27H23ClFN3O2. The second-order valence-corrected chi connectivity index (χ2v) is 8.08. The highest BCUT2D eigenvalue weighted by Crippen LogP contribution is 2.27. The molecule has 172 valence electrons. The van der Waals surface area contributed by atoms with Crippen LogP contribution in [-0.2, 0) is 24.1 Å². The van der Waals surface area contributed by atoms with Gasteiger partial charge in [0.25, 0.3) is 0 Å². The van der Waals surface area contributed by atoms with Crippen LogP contribution in [0.3, 0.4) is 0 Å². The summed E-state index contributed by atoms with van der Waals surface area (Å²) in [5, 5.41) is 3.34. The number of nitrogens with one attached hydrogen (secondary N) is 1. The van der Waals surface area contributed by atoms with E-state index in [9.17, 15) is 9.18 Å². The van der Waals surface area contributed by atoms with Gasteiger partial charge in [-0.2, -0.15) is 0 Å². The molecule has 5 nitrogen and oxygen atoms in total. The van der Waals surface area contributed by atoms with E-state index in [1.54, 1.807) is 6.07 Å². The first-order valence-electron chi connectivity index (χ1n) is 10.8. The molecule has 0 aliphatic heterocycles. The van der Waals surface area contributed by atoms with Crippen LogP contribution in [0.4, 0.5) is 10.2 Å². The van der Waals surface area contributed by atoms with Gasteiger partial charge in [-0.05, 0) is 42.2 Å². The first kappa shape index (κ1) is 23.4. The Morgan fingerprint density at radius 3 is 2.26 bits per heavy atom. The lowest BCUT2D eigenvalue weighted by Crippen LogP contribution is -2.16. The summed E-state index contributed by atoms with van der Waals surface area (Å²) in [5.41, 5.74) is 3.37. The first-order valence-corrected chi connectivity index (χ1v) is 11.2. The number of benzene rings is 3. The maximum Gasteiger partial charge on any atom is 0.357 e. The highest BCUT2D eigenvalue weighted by Gasteiger charge is 2.22. The van der Waals surface area contributed by atoms with Gasteiger partial charge in [0.1, 0.15) is 11.6 Å². The second-order valence-electron chi connectivity index (χ2n) is 7.67. The third-order valence-electron chi connectivity index (χ3n) is 5.37.